The molecule has 0 unspecified atom stereocenters. The number of anilines is 1. The number of nitrogens with two attached hydrogens (primary N) is 1. The molecule has 1 aromatic heterocycles. The lowest BCUT2D eigenvalue weighted by Gasteiger charge is -2.49. The Kier molecular flexibility index (Phi) is 11.0. The number of fused-ring (bicyclic) bond motifs is 1. The van der Waals surface area contributed by atoms with Crippen molar-refractivity contribution in [2.75, 3.05) is 18.6 Å². The maximum absolute atomic E-state index is 13.7. The fraction of sp³-hybridized carbons (Fsp3) is 0.273. The number of alkyl halides is 1. The molecule has 256 valence electrons. The number of carboxylic acid groups (broad SMARTS) is 1. The zero-order valence-electron chi connectivity index (χ0n) is 26.5. The molecular weight excluding hydrogens is 694 g/mol. The van der Waals surface area contributed by atoms with E-state index >= 15 is 0 Å². The van der Waals surface area contributed by atoms with Crippen LogP contribution in [-0.2, 0) is 41.2 Å². The molecule has 2 aromatic carbocycles. The molecule has 2 aliphatic heterocycles. The van der Waals surface area contributed by atoms with Gasteiger partial charge in [-0.15, -0.1) is 34.7 Å². The molecule has 49 heavy (non-hydrogen) atoms. The molecule has 16 heteroatoms. The number of carbonyl (C=O) groups is 4. The van der Waals surface area contributed by atoms with Crippen LogP contribution >= 0.6 is 34.7 Å². The number of thioether (sulfide) groups is 1. The number of allylic oxidation sites excluding steroid dienone is 1. The number of aliphatic carboxylic acids is 1. The van der Waals surface area contributed by atoms with Crippen LogP contribution in [0.25, 0.3) is 6.08 Å². The van der Waals surface area contributed by atoms with Crippen LogP contribution in [0.2, 0.25) is 0 Å². The number of rotatable bonds is 13. The minimum atomic E-state index is -1.77. The van der Waals surface area contributed by atoms with Crippen LogP contribution < -0.4 is 15.8 Å². The van der Waals surface area contributed by atoms with Gasteiger partial charge in [0.25, 0.3) is 11.8 Å². The Morgan fingerprint density at radius 1 is 1.14 bits per heavy atom. The first-order valence-corrected chi connectivity index (χ1v) is 17.2. The summed E-state index contributed by atoms with van der Waals surface area (Å²) in [5, 5.41) is 16.8. The summed E-state index contributed by atoms with van der Waals surface area (Å²) in [6.07, 6.45) is 3.59. The van der Waals surface area contributed by atoms with Gasteiger partial charge in [-0.05, 0) is 48.2 Å². The van der Waals surface area contributed by atoms with Crippen LogP contribution in [-0.4, -0.2) is 74.3 Å². The van der Waals surface area contributed by atoms with Crippen molar-refractivity contribution in [3.8, 4) is 5.75 Å². The number of hydrogen-bond acceptors (Lipinski definition) is 12. The SMILES string of the molecule is COc1ccc(COC(=O)C2=C(/C=C\c3ccc(CCl)cc3)CS[C@@H]3[C@H](NC(=O)/C(=N\OC(C)(C)C(=O)O)c4csc(N)n4)C(=O)N23)cc1. The largest absolute Gasteiger partial charge is 0.497 e. The summed E-state index contributed by atoms with van der Waals surface area (Å²) in [6, 6.07) is 13.6. The Labute approximate surface area is 294 Å². The van der Waals surface area contributed by atoms with Crippen LogP contribution in [0, 0.1) is 0 Å². The van der Waals surface area contributed by atoms with Crippen LogP contribution in [0.15, 0.2) is 76.4 Å². The molecular formula is C33H32ClN5O8S2. The molecule has 1 saturated heterocycles. The number of carbonyl (C=O) groups excluding carboxylic acids is 3. The molecule has 5 rings (SSSR count). The minimum Gasteiger partial charge on any atom is -0.497 e. The van der Waals surface area contributed by atoms with Crippen molar-refractivity contribution >= 4 is 75.4 Å². The normalized spacial score (nSPS) is 17.8. The van der Waals surface area contributed by atoms with Gasteiger partial charge in [-0.2, -0.15) is 0 Å². The number of thiazole rings is 1. The highest BCUT2D eigenvalue weighted by atomic mass is 35.5. The number of oxime groups is 1. The van der Waals surface area contributed by atoms with Gasteiger partial charge in [-0.1, -0.05) is 53.7 Å². The standard InChI is InChI=1S/C33H32ClN5O8S2/c1-33(2,31(43)44)47-38-24(23-17-49-32(35)36-23)27(40)37-25-28(41)39-26(30(42)46-15-20-9-12-22(45-3)13-10-20)21(16-48-29(25)39)11-8-18-4-6-19(14-34)7-5-18/h4-13,17,25,29H,14-16H2,1-3H3,(H2,35,36)(H,37,40)(H,43,44)/b11-8-,38-24-/t25-,29-/m1/s1. The molecule has 0 bridgehead atoms. The molecule has 2 amide bonds. The lowest BCUT2D eigenvalue weighted by atomic mass is 10.0. The average Bonchev–Trinajstić information content (AvgIpc) is 3.53. The summed E-state index contributed by atoms with van der Waals surface area (Å²) in [5.74, 6) is -2.06. The van der Waals surface area contributed by atoms with E-state index in [1.807, 2.05) is 30.3 Å². The van der Waals surface area contributed by atoms with Gasteiger partial charge in [-0.3, -0.25) is 14.5 Å². The highest BCUT2D eigenvalue weighted by Crippen LogP contribution is 2.41. The second-order valence-corrected chi connectivity index (χ2v) is 13.5. The van der Waals surface area contributed by atoms with E-state index in [4.69, 9.17) is 31.6 Å². The minimum absolute atomic E-state index is 0.0373. The zero-order valence-corrected chi connectivity index (χ0v) is 28.9. The summed E-state index contributed by atoms with van der Waals surface area (Å²) in [5.41, 5.74) is 6.82. The molecule has 0 radical (unpaired) electrons. The molecule has 13 nitrogen and oxygen atoms in total. The highest BCUT2D eigenvalue weighted by Gasteiger charge is 2.54. The van der Waals surface area contributed by atoms with E-state index in [1.54, 1.807) is 37.5 Å². The summed E-state index contributed by atoms with van der Waals surface area (Å²) in [4.78, 5) is 62.9. The van der Waals surface area contributed by atoms with Crippen molar-refractivity contribution in [1.29, 1.82) is 0 Å². The van der Waals surface area contributed by atoms with Gasteiger partial charge < -0.3 is 30.5 Å². The number of esters is 1. The molecule has 3 heterocycles. The van der Waals surface area contributed by atoms with E-state index in [2.05, 4.69) is 15.5 Å². The van der Waals surface area contributed by atoms with Crippen LogP contribution in [0.5, 0.6) is 5.75 Å². The lowest BCUT2D eigenvalue weighted by Crippen LogP contribution is -2.71. The number of aromatic nitrogens is 1. The van der Waals surface area contributed by atoms with Gasteiger partial charge in [-0.25, -0.2) is 14.6 Å². The van der Waals surface area contributed by atoms with E-state index in [1.165, 1.54) is 35.9 Å². The lowest BCUT2D eigenvalue weighted by molar-refractivity contribution is -0.161. The van der Waals surface area contributed by atoms with Crippen molar-refractivity contribution in [3.05, 3.63) is 93.6 Å². The molecule has 3 aromatic rings. The van der Waals surface area contributed by atoms with Crippen LogP contribution in [0.4, 0.5) is 5.13 Å². The van der Waals surface area contributed by atoms with Gasteiger partial charge in [0.15, 0.2) is 10.8 Å². The molecule has 0 spiro atoms. The smallest absolute Gasteiger partial charge is 0.355 e. The number of nitrogens with zero attached hydrogens (tertiary/aromatic N) is 3. The van der Waals surface area contributed by atoms with E-state index in [9.17, 15) is 24.3 Å². The molecule has 0 saturated carbocycles. The predicted molar refractivity (Wildman–Crippen MR) is 186 cm³/mol. The average molecular weight is 726 g/mol. The third-order valence-electron chi connectivity index (χ3n) is 7.48. The van der Waals surface area contributed by atoms with E-state index in [-0.39, 0.29) is 28.8 Å². The van der Waals surface area contributed by atoms with Gasteiger partial charge >= 0.3 is 11.9 Å². The maximum atomic E-state index is 13.7. The number of nitrogens with one attached hydrogen (secondary N) is 1. The Morgan fingerprint density at radius 2 is 1.84 bits per heavy atom. The van der Waals surface area contributed by atoms with Gasteiger partial charge in [0.2, 0.25) is 5.60 Å². The first-order chi connectivity index (χ1) is 23.4. The van der Waals surface area contributed by atoms with E-state index in [0.29, 0.717) is 23.0 Å². The van der Waals surface area contributed by atoms with Gasteiger partial charge in [0.05, 0.1) is 7.11 Å². The quantitative estimate of drug-likeness (QED) is 0.0756. The third-order valence-corrected chi connectivity index (χ3v) is 9.76. The Morgan fingerprint density at radius 3 is 2.45 bits per heavy atom. The first-order valence-electron chi connectivity index (χ1n) is 14.7. The maximum Gasteiger partial charge on any atom is 0.355 e. The van der Waals surface area contributed by atoms with Crippen LogP contribution in [0.3, 0.4) is 0 Å². The number of ether oxygens (including phenoxy) is 2. The Hall–Kier alpha value is -4.86. The van der Waals surface area contributed by atoms with Crippen LogP contribution in [0.1, 0.15) is 36.2 Å². The third kappa shape index (κ3) is 8.07. The summed E-state index contributed by atoms with van der Waals surface area (Å²) in [7, 11) is 1.55. The topological polar surface area (TPSA) is 183 Å². The summed E-state index contributed by atoms with van der Waals surface area (Å²) in [6.45, 7) is 2.48. The molecule has 2 aliphatic rings. The van der Waals surface area contributed by atoms with Gasteiger partial charge in [0, 0.05) is 17.0 Å². The Bertz CT molecular complexity index is 1840. The number of carboxylic acids is 1. The summed E-state index contributed by atoms with van der Waals surface area (Å²) < 4.78 is 10.9. The number of methoxy groups -OCH3 is 1. The number of β-lactam (4-membered cyclic amide) rings is 1. The van der Waals surface area contributed by atoms with E-state index < -0.39 is 40.8 Å². The fourth-order valence-electron chi connectivity index (χ4n) is 4.62. The summed E-state index contributed by atoms with van der Waals surface area (Å²) >= 11 is 8.30. The number of halogens is 1. The van der Waals surface area contributed by atoms with Crippen molar-refractivity contribution in [3.63, 3.8) is 0 Å². The predicted octanol–water partition coefficient (Wildman–Crippen LogP) is 4.17. The second-order valence-electron chi connectivity index (χ2n) is 11.3. The number of benzene rings is 2. The van der Waals surface area contributed by atoms with Crippen molar-refractivity contribution in [2.45, 2.75) is 43.4 Å². The second kappa shape index (κ2) is 15.1. The molecule has 4 N–H and O–H groups in total. The molecule has 1 fully saturated rings. The number of hydrogen-bond donors (Lipinski definition) is 3. The highest BCUT2D eigenvalue weighted by molar-refractivity contribution is 8.00. The van der Waals surface area contributed by atoms with E-state index in [0.717, 1.165) is 28.0 Å². The van der Waals surface area contributed by atoms with Crippen molar-refractivity contribution in [2.24, 2.45) is 5.16 Å². The molecule has 0 aliphatic carbocycles. The van der Waals surface area contributed by atoms with Crippen molar-refractivity contribution < 1.29 is 38.6 Å². The fourth-order valence-corrected chi connectivity index (χ4v) is 6.67. The first kappa shape index (κ1) is 35.4. The molecule has 2 atom stereocenters. The Balaban J connectivity index is 1.39. The zero-order chi connectivity index (χ0) is 35.3. The van der Waals surface area contributed by atoms with Gasteiger partial charge in [0.1, 0.15) is 35.2 Å². The number of amides is 2. The number of nitrogen functional groups attached to an aromatic ring is 1. The van der Waals surface area contributed by atoms with Crippen molar-refractivity contribution in [1.82, 2.24) is 15.2 Å². The monoisotopic (exact) mass is 725 g/mol.